The molecule has 1 aromatic rings. The quantitative estimate of drug-likeness (QED) is 0.758. The Bertz CT molecular complexity index is 386. The number of benzene rings is 1. The maximum atomic E-state index is 12.3. The van der Waals surface area contributed by atoms with E-state index in [0.29, 0.717) is 6.42 Å². The van der Waals surface area contributed by atoms with Crippen molar-refractivity contribution in [1.82, 2.24) is 5.32 Å². The summed E-state index contributed by atoms with van der Waals surface area (Å²) in [4.78, 5) is 12.3. The molecule has 0 spiro atoms. The van der Waals surface area contributed by atoms with Crippen LogP contribution in [0.25, 0.3) is 0 Å². The largest absolute Gasteiger partial charge is 0.508 e. The zero-order valence-corrected chi connectivity index (χ0v) is 12.1. The fraction of sp³-hybridized carbons (Fsp3) is 0.562. The van der Waals surface area contributed by atoms with Crippen LogP contribution in [0.1, 0.15) is 39.2 Å². The highest BCUT2D eigenvalue weighted by Gasteiger charge is 2.22. The molecule has 0 radical (unpaired) electrons. The van der Waals surface area contributed by atoms with Gasteiger partial charge in [-0.15, -0.1) is 0 Å². The van der Waals surface area contributed by atoms with Crippen LogP contribution in [0, 0.1) is 5.92 Å². The molecule has 0 aliphatic rings. The maximum Gasteiger partial charge on any atom is 0.152 e. The predicted molar refractivity (Wildman–Crippen MR) is 78.4 cm³/mol. The Hall–Kier alpha value is -1.35. The van der Waals surface area contributed by atoms with Gasteiger partial charge in [-0.05, 0) is 43.5 Å². The Morgan fingerprint density at radius 1 is 1.26 bits per heavy atom. The molecule has 3 heteroatoms. The molecule has 0 aliphatic heterocycles. The van der Waals surface area contributed by atoms with E-state index in [0.717, 1.165) is 24.9 Å². The number of aromatic hydroxyl groups is 1. The van der Waals surface area contributed by atoms with Gasteiger partial charge < -0.3 is 10.4 Å². The highest BCUT2D eigenvalue weighted by molar-refractivity contribution is 5.86. The summed E-state index contributed by atoms with van der Waals surface area (Å²) in [5.74, 6) is 0.630. The molecule has 0 fully saturated rings. The van der Waals surface area contributed by atoms with Crippen LogP contribution in [0.4, 0.5) is 0 Å². The summed E-state index contributed by atoms with van der Waals surface area (Å²) in [6, 6.07) is 6.96. The maximum absolute atomic E-state index is 12.3. The van der Waals surface area contributed by atoms with Gasteiger partial charge in [-0.3, -0.25) is 4.79 Å². The van der Waals surface area contributed by atoms with Crippen molar-refractivity contribution < 1.29 is 9.90 Å². The first kappa shape index (κ1) is 15.7. The summed E-state index contributed by atoms with van der Waals surface area (Å²) in [7, 11) is 0. The van der Waals surface area contributed by atoms with E-state index in [4.69, 9.17) is 0 Å². The van der Waals surface area contributed by atoms with Gasteiger partial charge in [0.05, 0.1) is 6.04 Å². The van der Waals surface area contributed by atoms with Gasteiger partial charge in [0.1, 0.15) is 5.75 Å². The Labute approximate surface area is 116 Å². The molecule has 0 aliphatic carbocycles. The number of carbonyl (C=O) groups is 1. The minimum absolute atomic E-state index is 0.0893. The van der Waals surface area contributed by atoms with Crippen LogP contribution in [-0.4, -0.2) is 23.5 Å². The van der Waals surface area contributed by atoms with Crippen molar-refractivity contribution in [2.45, 2.75) is 46.1 Å². The standard InChI is InChI=1S/C16H25NO2/c1-4-10-17-15(16(19)12(3)5-2)11-13-6-8-14(18)9-7-13/h6-9,12,15,17-18H,4-5,10-11H2,1-3H3. The third-order valence-electron chi connectivity index (χ3n) is 3.46. The molecule has 2 atom stereocenters. The minimum atomic E-state index is -0.126. The van der Waals surface area contributed by atoms with Crippen molar-refractivity contribution in [3.05, 3.63) is 29.8 Å². The molecule has 2 unspecified atom stereocenters. The van der Waals surface area contributed by atoms with Gasteiger partial charge in [0.15, 0.2) is 5.78 Å². The number of hydrogen-bond acceptors (Lipinski definition) is 3. The average Bonchev–Trinajstić information content (AvgIpc) is 2.43. The van der Waals surface area contributed by atoms with Gasteiger partial charge >= 0.3 is 0 Å². The number of phenolic OH excluding ortho intramolecular Hbond substituents is 1. The van der Waals surface area contributed by atoms with Crippen molar-refractivity contribution in [3.8, 4) is 5.75 Å². The molecule has 0 bridgehead atoms. The van der Waals surface area contributed by atoms with Gasteiger partial charge in [-0.1, -0.05) is 32.9 Å². The highest BCUT2D eigenvalue weighted by atomic mass is 16.3. The Kier molecular flexibility index (Phi) is 6.57. The van der Waals surface area contributed by atoms with Crippen molar-refractivity contribution in [1.29, 1.82) is 0 Å². The number of hydrogen-bond donors (Lipinski definition) is 2. The Balaban J connectivity index is 2.73. The molecule has 19 heavy (non-hydrogen) atoms. The van der Waals surface area contributed by atoms with Crippen LogP contribution in [0.3, 0.4) is 0 Å². The van der Waals surface area contributed by atoms with Crippen LogP contribution in [0.5, 0.6) is 5.75 Å². The van der Waals surface area contributed by atoms with Crippen molar-refractivity contribution >= 4 is 5.78 Å². The Morgan fingerprint density at radius 2 is 1.89 bits per heavy atom. The molecule has 1 aromatic carbocycles. The second-order valence-corrected chi connectivity index (χ2v) is 5.09. The molecule has 1 rings (SSSR count). The predicted octanol–water partition coefficient (Wildman–Crippen LogP) is 2.92. The normalized spacial score (nSPS) is 14.1. The molecule has 2 N–H and O–H groups in total. The number of ketones is 1. The summed E-state index contributed by atoms with van der Waals surface area (Å²) < 4.78 is 0. The number of Topliss-reactive ketones (excluding diaryl/α,β-unsaturated/α-hetero) is 1. The summed E-state index contributed by atoms with van der Waals surface area (Å²) in [5.41, 5.74) is 1.07. The second-order valence-electron chi connectivity index (χ2n) is 5.09. The SMILES string of the molecule is CCCNC(Cc1ccc(O)cc1)C(=O)C(C)CC. The lowest BCUT2D eigenvalue weighted by Gasteiger charge is -2.20. The number of carbonyl (C=O) groups excluding carboxylic acids is 1. The first-order valence-electron chi connectivity index (χ1n) is 7.13. The van der Waals surface area contributed by atoms with Crippen LogP contribution in [0.15, 0.2) is 24.3 Å². The monoisotopic (exact) mass is 263 g/mol. The van der Waals surface area contributed by atoms with E-state index in [1.54, 1.807) is 12.1 Å². The lowest BCUT2D eigenvalue weighted by molar-refractivity contribution is -0.124. The van der Waals surface area contributed by atoms with Gasteiger partial charge in [-0.2, -0.15) is 0 Å². The summed E-state index contributed by atoms with van der Waals surface area (Å²) in [5, 5.41) is 12.6. The van der Waals surface area contributed by atoms with E-state index < -0.39 is 0 Å². The van der Waals surface area contributed by atoms with Gasteiger partial charge in [-0.25, -0.2) is 0 Å². The number of phenols is 1. The van der Waals surface area contributed by atoms with Gasteiger partial charge in [0, 0.05) is 5.92 Å². The number of nitrogens with one attached hydrogen (secondary N) is 1. The van der Waals surface area contributed by atoms with E-state index >= 15 is 0 Å². The fourth-order valence-corrected chi connectivity index (χ4v) is 2.00. The zero-order chi connectivity index (χ0) is 14.3. The van der Waals surface area contributed by atoms with Gasteiger partial charge in [0.2, 0.25) is 0 Å². The van der Waals surface area contributed by atoms with E-state index in [9.17, 15) is 9.90 Å². The van der Waals surface area contributed by atoms with E-state index in [1.165, 1.54) is 0 Å². The topological polar surface area (TPSA) is 49.3 Å². The van der Waals surface area contributed by atoms with Crippen LogP contribution in [0.2, 0.25) is 0 Å². The molecule has 0 saturated heterocycles. The van der Waals surface area contributed by atoms with Crippen LogP contribution >= 0.6 is 0 Å². The van der Waals surface area contributed by atoms with Gasteiger partial charge in [0.25, 0.3) is 0 Å². The first-order chi connectivity index (χ1) is 9.08. The first-order valence-corrected chi connectivity index (χ1v) is 7.13. The van der Waals surface area contributed by atoms with Crippen LogP contribution in [-0.2, 0) is 11.2 Å². The summed E-state index contributed by atoms with van der Waals surface area (Å²) in [6.45, 7) is 6.98. The molecular weight excluding hydrogens is 238 g/mol. The van der Waals surface area contributed by atoms with E-state index in [1.807, 2.05) is 26.0 Å². The molecule has 0 heterocycles. The molecule has 3 nitrogen and oxygen atoms in total. The highest BCUT2D eigenvalue weighted by Crippen LogP contribution is 2.14. The van der Waals surface area contributed by atoms with Crippen LogP contribution < -0.4 is 5.32 Å². The molecule has 0 amide bonds. The lowest BCUT2D eigenvalue weighted by Crippen LogP contribution is -2.41. The molecule has 0 saturated carbocycles. The van der Waals surface area contributed by atoms with Crippen molar-refractivity contribution in [2.75, 3.05) is 6.54 Å². The Morgan fingerprint density at radius 3 is 2.42 bits per heavy atom. The minimum Gasteiger partial charge on any atom is -0.508 e. The van der Waals surface area contributed by atoms with E-state index in [2.05, 4.69) is 12.2 Å². The van der Waals surface area contributed by atoms with E-state index in [-0.39, 0.29) is 23.5 Å². The van der Waals surface area contributed by atoms with Crippen molar-refractivity contribution in [2.24, 2.45) is 5.92 Å². The third kappa shape index (κ3) is 5.03. The summed E-state index contributed by atoms with van der Waals surface area (Å²) >= 11 is 0. The fourth-order valence-electron chi connectivity index (χ4n) is 2.00. The molecule has 106 valence electrons. The average molecular weight is 263 g/mol. The third-order valence-corrected chi connectivity index (χ3v) is 3.46. The summed E-state index contributed by atoms with van der Waals surface area (Å²) in [6.07, 6.45) is 2.57. The molecule has 0 aromatic heterocycles. The zero-order valence-electron chi connectivity index (χ0n) is 12.1. The second kappa shape index (κ2) is 7.95. The number of rotatable bonds is 8. The lowest BCUT2D eigenvalue weighted by atomic mass is 9.93. The smallest absolute Gasteiger partial charge is 0.152 e. The molecular formula is C16H25NO2. The van der Waals surface area contributed by atoms with Crippen molar-refractivity contribution in [3.63, 3.8) is 0 Å².